The molecule has 3 rings (SSSR count). The molecule has 0 fully saturated rings. The number of hydrogen-bond acceptors (Lipinski definition) is 3. The van der Waals surface area contributed by atoms with E-state index in [0.29, 0.717) is 6.54 Å². The maximum absolute atomic E-state index is 12.7. The quantitative estimate of drug-likeness (QED) is 0.783. The maximum Gasteiger partial charge on any atom is 0.317 e. The summed E-state index contributed by atoms with van der Waals surface area (Å²) >= 11 is 0. The van der Waals surface area contributed by atoms with Crippen LogP contribution >= 0.6 is 0 Å². The molecule has 1 aromatic carbocycles. The largest absolute Gasteiger partial charge is 0.331 e. The molecule has 26 heavy (non-hydrogen) atoms. The Labute approximate surface area is 153 Å². The van der Waals surface area contributed by atoms with Crippen molar-refractivity contribution in [1.82, 2.24) is 25.0 Å². The number of amides is 2. The van der Waals surface area contributed by atoms with Crippen LogP contribution in [0.2, 0.25) is 0 Å². The second-order valence-corrected chi connectivity index (χ2v) is 6.75. The fourth-order valence-corrected chi connectivity index (χ4v) is 3.44. The molecule has 6 nitrogen and oxygen atoms in total. The molecule has 1 atom stereocenters. The van der Waals surface area contributed by atoms with Gasteiger partial charge in [-0.3, -0.25) is 9.67 Å². The normalized spacial score (nSPS) is 12.2. The van der Waals surface area contributed by atoms with Gasteiger partial charge in [-0.2, -0.15) is 5.10 Å². The number of hydrogen-bond donors (Lipinski definition) is 1. The average Bonchev–Trinajstić information content (AvgIpc) is 2.87. The van der Waals surface area contributed by atoms with Crippen LogP contribution in [-0.2, 0) is 13.6 Å². The van der Waals surface area contributed by atoms with Crippen LogP contribution in [-0.4, -0.2) is 32.7 Å². The van der Waals surface area contributed by atoms with Gasteiger partial charge in [0, 0.05) is 49.7 Å². The van der Waals surface area contributed by atoms with Crippen molar-refractivity contribution in [3.8, 4) is 0 Å². The first-order valence-electron chi connectivity index (χ1n) is 8.71. The van der Waals surface area contributed by atoms with Crippen LogP contribution in [0, 0.1) is 13.8 Å². The fraction of sp³-hybridized carbons (Fsp3) is 0.350. The zero-order valence-corrected chi connectivity index (χ0v) is 15.9. The Morgan fingerprint density at radius 3 is 2.77 bits per heavy atom. The third-order valence-corrected chi connectivity index (χ3v) is 4.86. The van der Waals surface area contributed by atoms with Gasteiger partial charge in [0.1, 0.15) is 0 Å². The molecular formula is C20H25N5O. The monoisotopic (exact) mass is 351 g/mol. The van der Waals surface area contributed by atoms with E-state index in [-0.39, 0.29) is 12.1 Å². The molecule has 0 aliphatic rings. The average molecular weight is 351 g/mol. The summed E-state index contributed by atoms with van der Waals surface area (Å²) in [5.74, 6) is 0. The minimum atomic E-state index is -0.105. The number of urea groups is 1. The molecule has 0 spiro atoms. The lowest BCUT2D eigenvalue weighted by Gasteiger charge is -2.22. The number of benzene rings is 1. The Hall–Kier alpha value is -2.89. The highest BCUT2D eigenvalue weighted by Crippen LogP contribution is 2.22. The molecule has 0 aliphatic heterocycles. The summed E-state index contributed by atoms with van der Waals surface area (Å²) in [7, 11) is 3.73. The molecule has 6 heteroatoms. The number of rotatable bonds is 4. The van der Waals surface area contributed by atoms with Gasteiger partial charge < -0.3 is 10.2 Å². The lowest BCUT2D eigenvalue weighted by molar-refractivity contribution is 0.203. The van der Waals surface area contributed by atoms with Gasteiger partial charge in [0.15, 0.2) is 0 Å². The molecule has 2 heterocycles. The van der Waals surface area contributed by atoms with E-state index in [1.54, 1.807) is 11.1 Å². The summed E-state index contributed by atoms with van der Waals surface area (Å²) in [6, 6.07) is 7.85. The molecule has 1 N–H and O–H groups in total. The van der Waals surface area contributed by atoms with Crippen molar-refractivity contribution in [3.05, 3.63) is 59.2 Å². The third kappa shape index (κ3) is 3.40. The molecule has 136 valence electrons. The number of carbonyl (C=O) groups excluding carboxylic acids is 1. The summed E-state index contributed by atoms with van der Waals surface area (Å²) in [5, 5.41) is 9.71. The van der Waals surface area contributed by atoms with Crippen LogP contribution in [0.5, 0.6) is 0 Å². The van der Waals surface area contributed by atoms with Crippen molar-refractivity contribution in [3.63, 3.8) is 0 Å². The van der Waals surface area contributed by atoms with Gasteiger partial charge in [0.25, 0.3) is 0 Å². The van der Waals surface area contributed by atoms with Gasteiger partial charge in [0.05, 0.1) is 11.7 Å². The standard InChI is InChI=1S/C20H25N5O/c1-13(19-14(2)23-25(5)15(19)3)22-20(26)24(4)12-17-8-6-7-16-11-21-10-9-18(16)17/h6-11,13H,12H2,1-5H3,(H,22,26). The molecule has 0 saturated carbocycles. The Bertz CT molecular complexity index is 941. The molecule has 0 bridgehead atoms. The van der Waals surface area contributed by atoms with Gasteiger partial charge in [-0.1, -0.05) is 18.2 Å². The molecule has 3 aromatic rings. The van der Waals surface area contributed by atoms with Gasteiger partial charge in [-0.25, -0.2) is 4.79 Å². The molecule has 0 saturated heterocycles. The highest BCUT2D eigenvalue weighted by atomic mass is 16.2. The zero-order chi connectivity index (χ0) is 18.8. The summed E-state index contributed by atoms with van der Waals surface area (Å²) in [5.41, 5.74) is 4.19. The summed E-state index contributed by atoms with van der Waals surface area (Å²) in [4.78, 5) is 18.5. The van der Waals surface area contributed by atoms with E-state index in [0.717, 1.165) is 33.3 Å². The van der Waals surface area contributed by atoms with E-state index in [4.69, 9.17) is 0 Å². The summed E-state index contributed by atoms with van der Waals surface area (Å²) < 4.78 is 1.85. The van der Waals surface area contributed by atoms with Crippen molar-refractivity contribution in [2.24, 2.45) is 7.05 Å². The number of carbonyl (C=O) groups is 1. The van der Waals surface area contributed by atoms with E-state index < -0.39 is 0 Å². The van der Waals surface area contributed by atoms with Crippen molar-refractivity contribution in [1.29, 1.82) is 0 Å². The molecular weight excluding hydrogens is 326 g/mol. The number of aromatic nitrogens is 3. The lowest BCUT2D eigenvalue weighted by Crippen LogP contribution is -2.38. The predicted molar refractivity (Wildman–Crippen MR) is 103 cm³/mol. The highest BCUT2D eigenvalue weighted by molar-refractivity contribution is 5.85. The van der Waals surface area contributed by atoms with Crippen molar-refractivity contribution in [2.75, 3.05) is 7.05 Å². The van der Waals surface area contributed by atoms with Gasteiger partial charge >= 0.3 is 6.03 Å². The van der Waals surface area contributed by atoms with Crippen molar-refractivity contribution in [2.45, 2.75) is 33.4 Å². The Kier molecular flexibility index (Phi) is 4.93. The van der Waals surface area contributed by atoms with E-state index in [1.807, 2.05) is 70.0 Å². The van der Waals surface area contributed by atoms with E-state index >= 15 is 0 Å². The van der Waals surface area contributed by atoms with E-state index in [9.17, 15) is 4.79 Å². The van der Waals surface area contributed by atoms with Crippen LogP contribution < -0.4 is 5.32 Å². The van der Waals surface area contributed by atoms with Crippen molar-refractivity contribution < 1.29 is 4.79 Å². The van der Waals surface area contributed by atoms with Crippen LogP contribution in [0.25, 0.3) is 10.8 Å². The van der Waals surface area contributed by atoms with Gasteiger partial charge in [-0.05, 0) is 37.8 Å². The van der Waals surface area contributed by atoms with Crippen LogP contribution in [0.3, 0.4) is 0 Å². The molecule has 2 aromatic heterocycles. The van der Waals surface area contributed by atoms with Crippen LogP contribution in [0.1, 0.15) is 35.5 Å². The third-order valence-electron chi connectivity index (χ3n) is 4.86. The zero-order valence-electron chi connectivity index (χ0n) is 15.9. The van der Waals surface area contributed by atoms with E-state index in [1.165, 1.54) is 0 Å². The SMILES string of the molecule is Cc1nn(C)c(C)c1C(C)NC(=O)N(C)Cc1cccc2cnccc12. The Balaban J connectivity index is 1.73. The first kappa shape index (κ1) is 17.9. The number of pyridine rings is 1. The highest BCUT2D eigenvalue weighted by Gasteiger charge is 2.20. The van der Waals surface area contributed by atoms with Crippen molar-refractivity contribution >= 4 is 16.8 Å². The summed E-state index contributed by atoms with van der Waals surface area (Å²) in [6.07, 6.45) is 3.62. The molecule has 0 radical (unpaired) electrons. The Morgan fingerprint density at radius 2 is 2.08 bits per heavy atom. The topological polar surface area (TPSA) is 63.1 Å². The number of fused-ring (bicyclic) bond motifs is 1. The second kappa shape index (κ2) is 7.15. The molecule has 0 aliphatic carbocycles. The molecule has 1 unspecified atom stereocenters. The van der Waals surface area contributed by atoms with Crippen LogP contribution in [0.4, 0.5) is 4.79 Å². The van der Waals surface area contributed by atoms with Gasteiger partial charge in [0.2, 0.25) is 0 Å². The smallest absolute Gasteiger partial charge is 0.317 e. The van der Waals surface area contributed by atoms with Gasteiger partial charge in [-0.15, -0.1) is 0 Å². The summed E-state index contributed by atoms with van der Waals surface area (Å²) in [6.45, 7) is 6.52. The number of aryl methyl sites for hydroxylation is 2. The second-order valence-electron chi connectivity index (χ2n) is 6.75. The predicted octanol–water partition coefficient (Wildman–Crippen LogP) is 3.49. The fourth-order valence-electron chi connectivity index (χ4n) is 3.44. The maximum atomic E-state index is 12.7. The number of nitrogens with one attached hydrogen (secondary N) is 1. The number of nitrogens with zero attached hydrogens (tertiary/aromatic N) is 4. The lowest BCUT2D eigenvalue weighted by atomic mass is 10.1. The Morgan fingerprint density at radius 1 is 1.31 bits per heavy atom. The molecule has 2 amide bonds. The first-order valence-corrected chi connectivity index (χ1v) is 8.71. The first-order chi connectivity index (χ1) is 12.4. The van der Waals surface area contributed by atoms with E-state index in [2.05, 4.69) is 15.4 Å². The minimum Gasteiger partial charge on any atom is -0.331 e. The van der Waals surface area contributed by atoms with Crippen LogP contribution in [0.15, 0.2) is 36.7 Å². The minimum absolute atomic E-state index is 0.102.